The van der Waals surface area contributed by atoms with E-state index in [-0.39, 0.29) is 23.1 Å². The fourth-order valence-corrected chi connectivity index (χ4v) is 6.36. The van der Waals surface area contributed by atoms with Gasteiger partial charge in [-0.3, -0.25) is 19.1 Å². The molecule has 1 amide bonds. The number of pyridine rings is 1. The van der Waals surface area contributed by atoms with Gasteiger partial charge in [0, 0.05) is 25.2 Å². The molecule has 3 heterocycles. The number of benzene rings is 1. The Bertz CT molecular complexity index is 1300. The highest BCUT2D eigenvalue weighted by Gasteiger charge is 2.37. The van der Waals surface area contributed by atoms with E-state index in [4.69, 9.17) is 12.2 Å². The fraction of sp³-hybridized carbons (Fsp3) is 0.429. The lowest BCUT2D eigenvalue weighted by Gasteiger charge is -2.35. The van der Waals surface area contributed by atoms with E-state index >= 15 is 0 Å². The van der Waals surface area contributed by atoms with Crippen molar-refractivity contribution in [1.29, 1.82) is 5.26 Å². The van der Waals surface area contributed by atoms with Crippen molar-refractivity contribution in [2.24, 2.45) is 5.92 Å². The van der Waals surface area contributed by atoms with Crippen LogP contribution in [0.4, 0.5) is 5.82 Å². The molecule has 36 heavy (non-hydrogen) atoms. The van der Waals surface area contributed by atoms with Crippen LogP contribution in [0.1, 0.15) is 68.3 Å². The number of hydrogen-bond donors (Lipinski definition) is 0. The van der Waals surface area contributed by atoms with E-state index in [0.29, 0.717) is 27.3 Å². The molecule has 4 rings (SSSR count). The Morgan fingerprint density at radius 1 is 1.22 bits per heavy atom. The van der Waals surface area contributed by atoms with E-state index < -0.39 is 0 Å². The molecule has 2 fully saturated rings. The lowest BCUT2D eigenvalue weighted by atomic mass is 9.97. The van der Waals surface area contributed by atoms with Crippen LogP contribution in [0.15, 0.2) is 40.0 Å². The van der Waals surface area contributed by atoms with Gasteiger partial charge in [0.25, 0.3) is 11.5 Å². The van der Waals surface area contributed by atoms with Crippen LogP contribution >= 0.6 is 24.0 Å². The Morgan fingerprint density at radius 2 is 1.89 bits per heavy atom. The zero-order chi connectivity index (χ0) is 26.0. The van der Waals surface area contributed by atoms with Gasteiger partial charge in [0.1, 0.15) is 21.8 Å². The Balaban J connectivity index is 1.84. The molecule has 0 radical (unpaired) electrons. The first kappa shape index (κ1) is 26.2. The third-order valence-corrected chi connectivity index (χ3v) is 8.48. The predicted octanol–water partition coefficient (Wildman–Crippen LogP) is 5.64. The maximum absolute atomic E-state index is 13.6. The normalized spacial score (nSPS) is 18.7. The molecule has 6 nitrogen and oxygen atoms in total. The largest absolute Gasteiger partial charge is 0.357 e. The van der Waals surface area contributed by atoms with Crippen molar-refractivity contribution in [2.45, 2.75) is 59.5 Å². The molecule has 2 saturated heterocycles. The second-order valence-electron chi connectivity index (χ2n) is 9.61. The first-order chi connectivity index (χ1) is 17.3. The smallest absolute Gasteiger partial charge is 0.270 e. The number of carbonyl (C=O) groups excluding carboxylic acids is 1. The molecule has 1 aromatic carbocycles. The number of anilines is 1. The average molecular weight is 521 g/mol. The van der Waals surface area contributed by atoms with E-state index in [1.165, 1.54) is 11.8 Å². The number of aromatic nitrogens is 1. The standard InChI is InChI=1S/C28H32N4O2S2/c1-5-13-31-25(30-14-11-18(2)12-15-30)22(19(3)23(17-29)26(31)33)16-24-27(34)32(28(35)36-24)20(4)21-9-7-6-8-10-21/h6-10,16,18,20H,5,11-15H2,1-4H3/b24-16+. The fourth-order valence-electron chi connectivity index (χ4n) is 4.96. The van der Waals surface area contributed by atoms with E-state index in [1.807, 2.05) is 57.2 Å². The summed E-state index contributed by atoms with van der Waals surface area (Å²) in [5.74, 6) is 1.29. The molecule has 0 bridgehead atoms. The Labute approximate surface area is 222 Å². The molecule has 8 heteroatoms. The SMILES string of the molecule is CCCn1c(N2CCC(C)CC2)c(/C=C2/SC(=S)N(C(C)c3ccccc3)C2=O)c(C)c(C#N)c1=O. The number of hydrogen-bond acceptors (Lipinski definition) is 6. The average Bonchev–Trinajstić information content (AvgIpc) is 3.15. The summed E-state index contributed by atoms with van der Waals surface area (Å²) in [5, 5.41) is 9.85. The predicted molar refractivity (Wildman–Crippen MR) is 151 cm³/mol. The van der Waals surface area contributed by atoms with Crippen LogP contribution in [-0.4, -0.2) is 32.8 Å². The molecule has 0 N–H and O–H groups in total. The molecule has 1 unspecified atom stereocenters. The van der Waals surface area contributed by atoms with Crippen LogP contribution in [0.5, 0.6) is 0 Å². The Morgan fingerprint density at radius 3 is 2.50 bits per heavy atom. The molecule has 0 saturated carbocycles. The zero-order valence-electron chi connectivity index (χ0n) is 21.3. The number of rotatable bonds is 6. The number of amides is 1. The van der Waals surface area contributed by atoms with Crippen molar-refractivity contribution in [1.82, 2.24) is 9.47 Å². The number of thiocarbonyl (C=S) groups is 1. The molecule has 0 spiro atoms. The van der Waals surface area contributed by atoms with Crippen molar-refractivity contribution in [3.05, 3.63) is 67.8 Å². The van der Waals surface area contributed by atoms with Crippen molar-refractivity contribution in [3.8, 4) is 6.07 Å². The van der Waals surface area contributed by atoms with Crippen LogP contribution in [0.3, 0.4) is 0 Å². The van der Waals surface area contributed by atoms with Crippen molar-refractivity contribution >= 4 is 46.1 Å². The Kier molecular flexibility index (Phi) is 8.01. The summed E-state index contributed by atoms with van der Waals surface area (Å²) < 4.78 is 2.25. The minimum atomic E-state index is -0.257. The van der Waals surface area contributed by atoms with E-state index in [0.717, 1.165) is 49.3 Å². The van der Waals surface area contributed by atoms with E-state index in [9.17, 15) is 14.9 Å². The summed E-state index contributed by atoms with van der Waals surface area (Å²) >= 11 is 6.92. The third kappa shape index (κ3) is 4.87. The number of nitrogens with zero attached hydrogens (tertiary/aromatic N) is 4. The summed E-state index contributed by atoms with van der Waals surface area (Å²) in [6, 6.07) is 11.8. The lowest BCUT2D eigenvalue weighted by Crippen LogP contribution is -2.39. The van der Waals surface area contributed by atoms with Gasteiger partial charge < -0.3 is 4.90 Å². The highest BCUT2D eigenvalue weighted by molar-refractivity contribution is 8.26. The van der Waals surface area contributed by atoms with Gasteiger partial charge in [0.05, 0.1) is 10.9 Å². The van der Waals surface area contributed by atoms with Gasteiger partial charge in [0.15, 0.2) is 0 Å². The maximum atomic E-state index is 13.6. The van der Waals surface area contributed by atoms with Crippen LogP contribution in [0.2, 0.25) is 0 Å². The first-order valence-corrected chi connectivity index (χ1v) is 13.7. The van der Waals surface area contributed by atoms with E-state index in [2.05, 4.69) is 17.9 Å². The summed E-state index contributed by atoms with van der Waals surface area (Å²) in [6.07, 6.45) is 4.69. The van der Waals surface area contributed by atoms with Crippen LogP contribution in [0.25, 0.3) is 6.08 Å². The summed E-state index contributed by atoms with van der Waals surface area (Å²) in [4.78, 5) is 31.4. The molecule has 0 aliphatic carbocycles. The summed E-state index contributed by atoms with van der Waals surface area (Å²) in [6.45, 7) is 10.2. The van der Waals surface area contributed by atoms with Gasteiger partial charge in [-0.15, -0.1) is 0 Å². The summed E-state index contributed by atoms with van der Waals surface area (Å²) in [5.41, 5.74) is 2.27. The number of carbonyl (C=O) groups is 1. The number of thioether (sulfide) groups is 1. The third-order valence-electron chi connectivity index (χ3n) is 7.15. The van der Waals surface area contributed by atoms with Crippen LogP contribution < -0.4 is 10.5 Å². The molecule has 188 valence electrons. The molecule has 2 aromatic rings. The van der Waals surface area contributed by atoms with Gasteiger partial charge >= 0.3 is 0 Å². The number of piperidine rings is 1. The van der Waals surface area contributed by atoms with Gasteiger partial charge in [-0.1, -0.05) is 68.2 Å². The zero-order valence-corrected chi connectivity index (χ0v) is 22.9. The van der Waals surface area contributed by atoms with Crippen molar-refractivity contribution < 1.29 is 4.79 Å². The quantitative estimate of drug-likeness (QED) is 0.363. The van der Waals surface area contributed by atoms with Gasteiger partial charge in [-0.05, 0) is 56.2 Å². The Hall–Kier alpha value is -2.89. The van der Waals surface area contributed by atoms with Crippen LogP contribution in [-0.2, 0) is 11.3 Å². The second-order valence-corrected chi connectivity index (χ2v) is 11.3. The highest BCUT2D eigenvalue weighted by atomic mass is 32.2. The van der Waals surface area contributed by atoms with Gasteiger partial charge in [0.2, 0.25) is 0 Å². The van der Waals surface area contributed by atoms with E-state index in [1.54, 1.807) is 9.47 Å². The molecular weight excluding hydrogens is 488 g/mol. The number of nitriles is 1. The maximum Gasteiger partial charge on any atom is 0.270 e. The molecule has 1 aromatic heterocycles. The van der Waals surface area contributed by atoms with Gasteiger partial charge in [-0.25, -0.2) is 0 Å². The van der Waals surface area contributed by atoms with Crippen LogP contribution in [0, 0.1) is 24.2 Å². The molecule has 1 atom stereocenters. The lowest BCUT2D eigenvalue weighted by molar-refractivity contribution is -0.123. The summed E-state index contributed by atoms with van der Waals surface area (Å²) in [7, 11) is 0. The monoisotopic (exact) mass is 520 g/mol. The topological polar surface area (TPSA) is 69.3 Å². The van der Waals surface area contributed by atoms with Crippen molar-refractivity contribution in [3.63, 3.8) is 0 Å². The second kappa shape index (κ2) is 11.0. The minimum Gasteiger partial charge on any atom is -0.357 e. The van der Waals surface area contributed by atoms with Gasteiger partial charge in [-0.2, -0.15) is 5.26 Å². The molecule has 2 aliphatic heterocycles. The van der Waals surface area contributed by atoms with Crippen molar-refractivity contribution in [2.75, 3.05) is 18.0 Å². The first-order valence-electron chi connectivity index (χ1n) is 12.5. The minimum absolute atomic E-state index is 0.136. The highest BCUT2D eigenvalue weighted by Crippen LogP contribution is 2.40. The molecular formula is C28H32N4O2S2. The molecule has 2 aliphatic rings.